The molecule has 2 heterocycles. The van der Waals surface area contributed by atoms with E-state index in [9.17, 15) is 0 Å². The van der Waals surface area contributed by atoms with E-state index in [0.29, 0.717) is 13.2 Å². The van der Waals surface area contributed by atoms with Gasteiger partial charge in [0.2, 0.25) is 0 Å². The molecule has 2 aromatic heterocycles. The Morgan fingerprint density at radius 2 is 2.04 bits per heavy atom. The standard InChI is InChI=1S/C18H22N4O2S/c1-12-6-5-7-15(10-12)17-19-20-18(22(17)8-9-23-4)25-11-16-13(2)21-24-14(16)3/h5-7,10H,8-9,11H2,1-4H3. The van der Waals surface area contributed by atoms with E-state index in [4.69, 9.17) is 9.26 Å². The zero-order valence-electron chi connectivity index (χ0n) is 14.9. The number of benzene rings is 1. The van der Waals surface area contributed by atoms with Crippen molar-refractivity contribution in [1.82, 2.24) is 19.9 Å². The third kappa shape index (κ3) is 3.93. The van der Waals surface area contributed by atoms with Crippen LogP contribution in [-0.2, 0) is 17.0 Å². The lowest BCUT2D eigenvalue weighted by atomic mass is 10.1. The maximum atomic E-state index is 5.26. The molecular weight excluding hydrogens is 336 g/mol. The number of hydrogen-bond acceptors (Lipinski definition) is 6. The first-order valence-corrected chi connectivity index (χ1v) is 9.12. The number of ether oxygens (including phenoxy) is 1. The van der Waals surface area contributed by atoms with Gasteiger partial charge in [0.15, 0.2) is 11.0 Å². The van der Waals surface area contributed by atoms with Gasteiger partial charge in [-0.05, 0) is 26.8 Å². The minimum Gasteiger partial charge on any atom is -0.383 e. The Morgan fingerprint density at radius 3 is 2.72 bits per heavy atom. The summed E-state index contributed by atoms with van der Waals surface area (Å²) in [5.41, 5.74) is 4.30. The minimum atomic E-state index is 0.607. The predicted octanol–water partition coefficient (Wildman–Crippen LogP) is 3.80. The third-order valence-corrected chi connectivity index (χ3v) is 5.03. The molecule has 0 aliphatic carbocycles. The number of aryl methyl sites for hydroxylation is 3. The highest BCUT2D eigenvalue weighted by Crippen LogP contribution is 2.28. The predicted molar refractivity (Wildman–Crippen MR) is 97.6 cm³/mol. The van der Waals surface area contributed by atoms with Gasteiger partial charge in [-0.15, -0.1) is 10.2 Å². The molecule has 0 aliphatic heterocycles. The van der Waals surface area contributed by atoms with Gasteiger partial charge in [-0.2, -0.15) is 0 Å². The van der Waals surface area contributed by atoms with Gasteiger partial charge in [-0.25, -0.2) is 0 Å². The Labute approximate surface area is 151 Å². The number of methoxy groups -OCH3 is 1. The largest absolute Gasteiger partial charge is 0.383 e. The van der Waals surface area contributed by atoms with Crippen LogP contribution in [0.5, 0.6) is 0 Å². The average molecular weight is 358 g/mol. The molecule has 1 aromatic carbocycles. The molecule has 0 atom stereocenters. The van der Waals surface area contributed by atoms with Gasteiger partial charge in [0.05, 0.1) is 18.8 Å². The molecule has 3 rings (SSSR count). The summed E-state index contributed by atoms with van der Waals surface area (Å²) in [4.78, 5) is 0. The molecule has 0 amide bonds. The van der Waals surface area contributed by atoms with Crippen molar-refractivity contribution in [3.05, 3.63) is 46.8 Å². The van der Waals surface area contributed by atoms with Crippen LogP contribution in [0.15, 0.2) is 33.9 Å². The van der Waals surface area contributed by atoms with E-state index in [1.165, 1.54) is 5.56 Å². The monoisotopic (exact) mass is 358 g/mol. The fraction of sp³-hybridized carbons (Fsp3) is 0.389. The Bertz CT molecular complexity index is 837. The minimum absolute atomic E-state index is 0.607. The first-order valence-electron chi connectivity index (χ1n) is 8.14. The highest BCUT2D eigenvalue weighted by atomic mass is 32.2. The Hall–Kier alpha value is -2.12. The molecule has 0 saturated carbocycles. The van der Waals surface area contributed by atoms with Gasteiger partial charge in [0.25, 0.3) is 0 Å². The number of aromatic nitrogens is 4. The first-order chi connectivity index (χ1) is 12.1. The summed E-state index contributed by atoms with van der Waals surface area (Å²) in [5.74, 6) is 2.47. The summed E-state index contributed by atoms with van der Waals surface area (Å²) in [6.45, 7) is 7.28. The Balaban J connectivity index is 1.88. The topological polar surface area (TPSA) is 66.0 Å². The fourth-order valence-electron chi connectivity index (χ4n) is 2.62. The molecule has 0 spiro atoms. The van der Waals surface area contributed by atoms with Crippen molar-refractivity contribution in [3.63, 3.8) is 0 Å². The zero-order chi connectivity index (χ0) is 17.8. The van der Waals surface area contributed by atoms with E-state index < -0.39 is 0 Å². The molecule has 0 unspecified atom stereocenters. The van der Waals surface area contributed by atoms with Crippen LogP contribution in [0, 0.1) is 20.8 Å². The zero-order valence-corrected chi connectivity index (χ0v) is 15.8. The van der Waals surface area contributed by atoms with Crippen LogP contribution in [0.1, 0.15) is 22.6 Å². The van der Waals surface area contributed by atoms with Crippen molar-refractivity contribution < 1.29 is 9.26 Å². The summed E-state index contributed by atoms with van der Waals surface area (Å²) in [7, 11) is 1.70. The molecule has 25 heavy (non-hydrogen) atoms. The van der Waals surface area contributed by atoms with Crippen molar-refractivity contribution in [2.24, 2.45) is 0 Å². The van der Waals surface area contributed by atoms with Gasteiger partial charge in [-0.3, -0.25) is 4.57 Å². The Kier molecular flexibility index (Phi) is 5.55. The Morgan fingerprint density at radius 1 is 1.20 bits per heavy atom. The lowest BCUT2D eigenvalue weighted by Gasteiger charge is -2.10. The van der Waals surface area contributed by atoms with Crippen LogP contribution in [0.25, 0.3) is 11.4 Å². The average Bonchev–Trinajstić information content (AvgIpc) is 3.14. The summed E-state index contributed by atoms with van der Waals surface area (Å²) in [5, 5.41) is 13.7. The van der Waals surface area contributed by atoms with Crippen LogP contribution < -0.4 is 0 Å². The molecule has 0 fully saturated rings. The number of hydrogen-bond donors (Lipinski definition) is 0. The maximum absolute atomic E-state index is 5.26. The molecule has 7 heteroatoms. The van der Waals surface area contributed by atoms with Crippen LogP contribution in [0.2, 0.25) is 0 Å². The second-order valence-electron chi connectivity index (χ2n) is 5.91. The van der Waals surface area contributed by atoms with Crippen molar-refractivity contribution >= 4 is 11.8 Å². The van der Waals surface area contributed by atoms with E-state index in [-0.39, 0.29) is 0 Å². The SMILES string of the molecule is COCCn1c(SCc2c(C)noc2C)nnc1-c1cccc(C)c1. The highest BCUT2D eigenvalue weighted by Gasteiger charge is 2.16. The molecule has 6 nitrogen and oxygen atoms in total. The van der Waals surface area contributed by atoms with Gasteiger partial charge < -0.3 is 9.26 Å². The van der Waals surface area contributed by atoms with Crippen molar-refractivity contribution in [2.45, 2.75) is 38.2 Å². The van der Waals surface area contributed by atoms with Crippen LogP contribution in [0.3, 0.4) is 0 Å². The smallest absolute Gasteiger partial charge is 0.191 e. The fourth-order valence-corrected chi connectivity index (χ4v) is 3.74. The summed E-state index contributed by atoms with van der Waals surface area (Å²) in [6, 6.07) is 8.29. The van der Waals surface area contributed by atoms with E-state index in [2.05, 4.69) is 45.0 Å². The third-order valence-electron chi connectivity index (χ3n) is 4.04. The molecule has 3 aromatic rings. The van der Waals surface area contributed by atoms with Gasteiger partial charge in [-0.1, -0.05) is 40.7 Å². The van der Waals surface area contributed by atoms with Gasteiger partial charge in [0, 0.05) is 24.0 Å². The normalized spacial score (nSPS) is 11.2. The van der Waals surface area contributed by atoms with Gasteiger partial charge >= 0.3 is 0 Å². The van der Waals surface area contributed by atoms with E-state index in [1.54, 1.807) is 18.9 Å². The summed E-state index contributed by atoms with van der Waals surface area (Å²) in [6.07, 6.45) is 0. The first kappa shape index (κ1) is 17.7. The molecule has 0 saturated heterocycles. The quantitative estimate of drug-likeness (QED) is 0.599. The van der Waals surface area contributed by atoms with Crippen molar-refractivity contribution in [1.29, 1.82) is 0 Å². The van der Waals surface area contributed by atoms with E-state index >= 15 is 0 Å². The van der Waals surface area contributed by atoms with Crippen molar-refractivity contribution in [2.75, 3.05) is 13.7 Å². The summed E-state index contributed by atoms with van der Waals surface area (Å²) < 4.78 is 12.6. The summed E-state index contributed by atoms with van der Waals surface area (Å²) >= 11 is 1.64. The molecule has 0 N–H and O–H groups in total. The molecule has 132 valence electrons. The van der Waals surface area contributed by atoms with Crippen LogP contribution in [-0.4, -0.2) is 33.6 Å². The highest BCUT2D eigenvalue weighted by molar-refractivity contribution is 7.98. The van der Waals surface area contributed by atoms with Crippen LogP contribution >= 0.6 is 11.8 Å². The second kappa shape index (κ2) is 7.84. The van der Waals surface area contributed by atoms with E-state index in [1.807, 2.05) is 19.9 Å². The second-order valence-corrected chi connectivity index (χ2v) is 6.85. The lowest BCUT2D eigenvalue weighted by molar-refractivity contribution is 0.185. The lowest BCUT2D eigenvalue weighted by Crippen LogP contribution is -2.07. The van der Waals surface area contributed by atoms with Gasteiger partial charge in [0.1, 0.15) is 5.76 Å². The number of rotatable bonds is 7. The molecular formula is C18H22N4O2S. The molecule has 0 aliphatic rings. The number of nitrogens with zero attached hydrogens (tertiary/aromatic N) is 4. The molecule has 0 bridgehead atoms. The number of thioether (sulfide) groups is 1. The van der Waals surface area contributed by atoms with E-state index in [0.717, 1.165) is 39.3 Å². The maximum Gasteiger partial charge on any atom is 0.191 e. The van der Waals surface area contributed by atoms with Crippen LogP contribution in [0.4, 0.5) is 0 Å². The van der Waals surface area contributed by atoms with Crippen molar-refractivity contribution in [3.8, 4) is 11.4 Å². The molecule has 0 radical (unpaired) electrons.